The number of nitrogens with zero attached hydrogens (tertiary/aromatic N) is 2. The highest BCUT2D eigenvalue weighted by Gasteiger charge is 2.21. The Bertz CT molecular complexity index is 893. The topological polar surface area (TPSA) is 84.4 Å². The van der Waals surface area contributed by atoms with Crippen LogP contribution < -0.4 is 20.9 Å². The van der Waals surface area contributed by atoms with Crippen molar-refractivity contribution in [2.24, 2.45) is 0 Å². The fraction of sp³-hybridized carbons (Fsp3) is 0.312. The number of nitrogens with one attached hydrogen (secondary N) is 1. The normalized spacial score (nSPS) is 14.8. The van der Waals surface area contributed by atoms with Crippen LogP contribution in [0.1, 0.15) is 12.8 Å². The minimum absolute atomic E-state index is 0.162. The molecule has 3 rings (SSSR count). The Kier molecular flexibility index (Phi) is 4.20. The van der Waals surface area contributed by atoms with Crippen molar-refractivity contribution in [2.75, 3.05) is 25.1 Å². The van der Waals surface area contributed by atoms with Gasteiger partial charge in [0.25, 0.3) is 5.56 Å². The highest BCUT2D eigenvalue weighted by molar-refractivity contribution is 5.81. The minimum atomic E-state index is -0.684. The molecule has 1 aliphatic heterocycles. The molecule has 1 aliphatic rings. The van der Waals surface area contributed by atoms with E-state index in [0.717, 1.165) is 4.57 Å². The summed E-state index contributed by atoms with van der Waals surface area (Å²) in [5.74, 6) is -0.0780. The number of carbonyl (C=O) groups excluding carboxylic acids is 1. The first kappa shape index (κ1) is 16.0. The van der Waals surface area contributed by atoms with E-state index in [1.807, 2.05) is 0 Å². The van der Waals surface area contributed by atoms with E-state index in [4.69, 9.17) is 4.74 Å². The Labute approximate surface area is 136 Å². The van der Waals surface area contributed by atoms with E-state index >= 15 is 0 Å². The number of aromatic amines is 1. The summed E-state index contributed by atoms with van der Waals surface area (Å²) in [7, 11) is 1.41. The number of hydrogen-bond donors (Lipinski definition) is 1. The van der Waals surface area contributed by atoms with Gasteiger partial charge in [0.15, 0.2) is 0 Å². The Morgan fingerprint density at radius 1 is 1.12 bits per heavy atom. The van der Waals surface area contributed by atoms with Crippen LogP contribution in [0, 0.1) is 5.82 Å². The number of ether oxygens (including phenoxy) is 1. The number of hydrogen-bond acceptors (Lipinski definition) is 5. The number of Topliss-reactive ketones (excluding diaryl/α,β-unsaturated/α-hetero) is 1. The number of aromatic nitrogens is 2. The van der Waals surface area contributed by atoms with Crippen molar-refractivity contribution in [1.29, 1.82) is 0 Å². The maximum Gasteiger partial charge on any atom is 0.333 e. The first-order chi connectivity index (χ1) is 11.5. The summed E-state index contributed by atoms with van der Waals surface area (Å²) < 4.78 is 21.0. The summed E-state index contributed by atoms with van der Waals surface area (Å²) in [6.07, 6.45) is 2.02. The maximum absolute atomic E-state index is 14.6. The van der Waals surface area contributed by atoms with E-state index in [0.29, 0.717) is 31.6 Å². The molecule has 0 saturated carbocycles. The second-order valence-corrected chi connectivity index (χ2v) is 5.48. The Balaban J connectivity index is 2.06. The molecule has 7 nitrogen and oxygen atoms in total. The quantitative estimate of drug-likeness (QED) is 0.900. The Morgan fingerprint density at radius 3 is 2.46 bits per heavy atom. The lowest BCUT2D eigenvalue weighted by atomic mass is 10.1. The van der Waals surface area contributed by atoms with E-state index in [9.17, 15) is 18.8 Å². The number of halogens is 1. The first-order valence-electron chi connectivity index (χ1n) is 7.46. The zero-order valence-corrected chi connectivity index (χ0v) is 13.0. The standard InChI is InChI=1S/C16H16FN3O4/c1-24-14-9-12(19-5-2-10(21)3-6-19)11(17)8-13(14)20-7-4-15(22)18-16(20)23/h4,7-9H,2-3,5-6H2,1H3,(H,18,22,23). The number of piperidine rings is 1. The predicted octanol–water partition coefficient (Wildman–Crippen LogP) is 0.843. The largest absolute Gasteiger partial charge is 0.494 e. The van der Waals surface area contributed by atoms with Crippen LogP contribution in [-0.2, 0) is 4.79 Å². The van der Waals surface area contributed by atoms with Gasteiger partial charge in [0.2, 0.25) is 0 Å². The van der Waals surface area contributed by atoms with Crippen molar-refractivity contribution in [3.63, 3.8) is 0 Å². The lowest BCUT2D eigenvalue weighted by Gasteiger charge is -2.29. The molecular formula is C16H16FN3O4. The molecule has 8 heteroatoms. The third kappa shape index (κ3) is 2.94. The molecule has 1 aromatic carbocycles. The van der Waals surface area contributed by atoms with Gasteiger partial charge >= 0.3 is 5.69 Å². The molecule has 1 aromatic heterocycles. The molecule has 0 amide bonds. The molecule has 24 heavy (non-hydrogen) atoms. The van der Waals surface area contributed by atoms with Crippen LogP contribution in [0.25, 0.3) is 5.69 Å². The highest BCUT2D eigenvalue weighted by atomic mass is 19.1. The van der Waals surface area contributed by atoms with Crippen molar-refractivity contribution in [3.8, 4) is 11.4 Å². The van der Waals surface area contributed by atoms with Crippen molar-refractivity contribution in [1.82, 2.24) is 9.55 Å². The molecule has 0 radical (unpaired) electrons. The van der Waals surface area contributed by atoms with Crippen molar-refractivity contribution in [2.45, 2.75) is 12.8 Å². The van der Waals surface area contributed by atoms with E-state index in [1.54, 1.807) is 4.90 Å². The lowest BCUT2D eigenvalue weighted by Crippen LogP contribution is -2.34. The molecule has 0 aliphatic carbocycles. The van der Waals surface area contributed by atoms with Gasteiger partial charge in [-0.2, -0.15) is 0 Å². The smallest absolute Gasteiger partial charge is 0.333 e. The Morgan fingerprint density at radius 2 is 1.83 bits per heavy atom. The van der Waals surface area contributed by atoms with Gasteiger partial charge in [-0.1, -0.05) is 0 Å². The van der Waals surface area contributed by atoms with E-state index in [2.05, 4.69) is 4.98 Å². The molecule has 2 heterocycles. The number of rotatable bonds is 3. The zero-order valence-electron chi connectivity index (χ0n) is 13.0. The average molecular weight is 333 g/mol. The lowest BCUT2D eigenvalue weighted by molar-refractivity contribution is -0.119. The van der Waals surface area contributed by atoms with Crippen LogP contribution in [0.4, 0.5) is 10.1 Å². The van der Waals surface area contributed by atoms with Gasteiger partial charge in [0, 0.05) is 50.3 Å². The molecule has 1 N–H and O–H groups in total. The van der Waals surface area contributed by atoms with Crippen LogP contribution in [0.15, 0.2) is 34.0 Å². The Hall–Kier alpha value is -2.90. The number of ketones is 1. The van der Waals surface area contributed by atoms with Gasteiger partial charge in [-0.15, -0.1) is 0 Å². The van der Waals surface area contributed by atoms with E-state index in [1.165, 1.54) is 31.5 Å². The second kappa shape index (κ2) is 6.31. The van der Waals surface area contributed by atoms with Gasteiger partial charge in [-0.3, -0.25) is 19.1 Å². The SMILES string of the molecule is COc1cc(N2CCC(=O)CC2)c(F)cc1-n1ccc(=O)[nH]c1=O. The van der Waals surface area contributed by atoms with Crippen molar-refractivity contribution >= 4 is 11.5 Å². The van der Waals surface area contributed by atoms with Crippen LogP contribution in [0.2, 0.25) is 0 Å². The molecule has 0 atom stereocenters. The molecule has 1 saturated heterocycles. The van der Waals surface area contributed by atoms with Crippen LogP contribution in [-0.4, -0.2) is 35.5 Å². The van der Waals surface area contributed by atoms with Crippen molar-refractivity contribution in [3.05, 3.63) is 51.1 Å². The first-order valence-corrected chi connectivity index (χ1v) is 7.46. The third-order valence-electron chi connectivity index (χ3n) is 3.99. The number of anilines is 1. The molecule has 1 fully saturated rings. The van der Waals surface area contributed by atoms with Crippen LogP contribution in [0.3, 0.4) is 0 Å². The molecule has 0 spiro atoms. The van der Waals surface area contributed by atoms with E-state index < -0.39 is 17.1 Å². The maximum atomic E-state index is 14.6. The van der Waals surface area contributed by atoms with Gasteiger partial charge < -0.3 is 9.64 Å². The second-order valence-electron chi connectivity index (χ2n) is 5.48. The third-order valence-corrected chi connectivity index (χ3v) is 3.99. The number of benzene rings is 1. The molecule has 0 unspecified atom stereocenters. The van der Waals surface area contributed by atoms with E-state index in [-0.39, 0.29) is 17.2 Å². The molecule has 0 bridgehead atoms. The molecular weight excluding hydrogens is 317 g/mol. The predicted molar refractivity (Wildman–Crippen MR) is 85.6 cm³/mol. The highest BCUT2D eigenvalue weighted by Crippen LogP contribution is 2.32. The fourth-order valence-corrected chi connectivity index (χ4v) is 2.73. The monoisotopic (exact) mass is 333 g/mol. The van der Waals surface area contributed by atoms with Crippen LogP contribution >= 0.6 is 0 Å². The number of H-pyrrole nitrogens is 1. The summed E-state index contributed by atoms with van der Waals surface area (Å²) in [6, 6.07) is 3.85. The zero-order chi connectivity index (χ0) is 17.3. The van der Waals surface area contributed by atoms with Gasteiger partial charge in [-0.25, -0.2) is 9.18 Å². The summed E-state index contributed by atoms with van der Waals surface area (Å²) in [5, 5.41) is 0. The van der Waals surface area contributed by atoms with Gasteiger partial charge in [0.1, 0.15) is 17.3 Å². The van der Waals surface area contributed by atoms with Gasteiger partial charge in [-0.05, 0) is 0 Å². The molecule has 2 aromatic rings. The van der Waals surface area contributed by atoms with Crippen LogP contribution in [0.5, 0.6) is 5.75 Å². The average Bonchev–Trinajstić information content (AvgIpc) is 2.56. The summed E-state index contributed by atoms with van der Waals surface area (Å²) >= 11 is 0. The summed E-state index contributed by atoms with van der Waals surface area (Å²) in [6.45, 7) is 0.883. The van der Waals surface area contributed by atoms with Gasteiger partial charge in [0.05, 0.1) is 18.5 Å². The number of methoxy groups -OCH3 is 1. The summed E-state index contributed by atoms with van der Waals surface area (Å²) in [5.41, 5.74) is -0.713. The minimum Gasteiger partial charge on any atom is -0.494 e. The summed E-state index contributed by atoms with van der Waals surface area (Å²) in [4.78, 5) is 38.3. The van der Waals surface area contributed by atoms with Crippen molar-refractivity contribution < 1.29 is 13.9 Å². The number of carbonyl (C=O) groups is 1. The molecule has 126 valence electrons. The fourth-order valence-electron chi connectivity index (χ4n) is 2.73.